The average Bonchev–Trinajstić information content (AvgIpc) is 2.71. The number of rotatable bonds is 6. The van der Waals surface area contributed by atoms with Gasteiger partial charge < -0.3 is 15.4 Å². The number of hydrogen-bond donors (Lipinski definition) is 2. The number of halogens is 2. The highest BCUT2D eigenvalue weighted by molar-refractivity contribution is 14.0. The van der Waals surface area contributed by atoms with E-state index in [4.69, 9.17) is 4.74 Å². The van der Waals surface area contributed by atoms with Crippen LogP contribution in [0.15, 0.2) is 53.5 Å². The number of nitrogens with one attached hydrogen (secondary N) is 2. The largest absolute Gasteiger partial charge is 0.379 e. The lowest BCUT2D eigenvalue weighted by molar-refractivity contribution is 0.0342. The summed E-state index contributed by atoms with van der Waals surface area (Å²) in [5.41, 5.74) is 3.10. The number of hydrogen-bond acceptors (Lipinski definition) is 3. The van der Waals surface area contributed by atoms with Gasteiger partial charge in [-0.25, -0.2) is 4.39 Å². The van der Waals surface area contributed by atoms with Crippen molar-refractivity contribution in [2.75, 3.05) is 33.4 Å². The Balaban J connectivity index is 0.00000280. The fraction of sp³-hybridized carbons (Fsp3) is 0.381. The molecule has 2 aromatic carbocycles. The molecule has 3 rings (SSSR count). The molecule has 0 aromatic heterocycles. The minimum absolute atomic E-state index is 0. The fourth-order valence-corrected chi connectivity index (χ4v) is 3.01. The number of benzene rings is 2. The average molecular weight is 498 g/mol. The molecule has 152 valence electrons. The highest BCUT2D eigenvalue weighted by Gasteiger charge is 2.10. The van der Waals surface area contributed by atoms with E-state index < -0.39 is 0 Å². The third kappa shape index (κ3) is 7.03. The molecule has 1 aliphatic heterocycles. The van der Waals surface area contributed by atoms with E-state index in [0.29, 0.717) is 24.6 Å². The van der Waals surface area contributed by atoms with Crippen molar-refractivity contribution < 1.29 is 9.13 Å². The summed E-state index contributed by atoms with van der Waals surface area (Å²) < 4.78 is 19.1. The van der Waals surface area contributed by atoms with Crippen molar-refractivity contribution in [3.05, 3.63) is 71.0 Å². The topological polar surface area (TPSA) is 48.9 Å². The van der Waals surface area contributed by atoms with Gasteiger partial charge in [0.15, 0.2) is 5.96 Å². The van der Waals surface area contributed by atoms with Crippen LogP contribution in [0.2, 0.25) is 0 Å². The van der Waals surface area contributed by atoms with Crippen LogP contribution in [0.4, 0.5) is 4.39 Å². The van der Waals surface area contributed by atoms with E-state index in [-0.39, 0.29) is 29.8 Å². The van der Waals surface area contributed by atoms with Gasteiger partial charge in [-0.1, -0.05) is 42.5 Å². The van der Waals surface area contributed by atoms with E-state index in [0.717, 1.165) is 32.8 Å². The highest BCUT2D eigenvalue weighted by Crippen LogP contribution is 2.09. The van der Waals surface area contributed by atoms with Crippen molar-refractivity contribution >= 4 is 29.9 Å². The lowest BCUT2D eigenvalue weighted by Crippen LogP contribution is -2.36. The smallest absolute Gasteiger partial charge is 0.191 e. The molecule has 0 saturated carbocycles. The van der Waals surface area contributed by atoms with Crippen LogP contribution in [-0.2, 0) is 24.4 Å². The molecule has 0 unspecified atom stereocenters. The van der Waals surface area contributed by atoms with Gasteiger partial charge in [-0.15, -0.1) is 24.0 Å². The van der Waals surface area contributed by atoms with Crippen LogP contribution in [0, 0.1) is 5.82 Å². The molecule has 0 atom stereocenters. The van der Waals surface area contributed by atoms with Crippen LogP contribution in [0.5, 0.6) is 0 Å². The Bertz CT molecular complexity index is 748. The Hall–Kier alpha value is -1.71. The molecule has 5 nitrogen and oxygen atoms in total. The minimum atomic E-state index is -0.212. The van der Waals surface area contributed by atoms with Crippen molar-refractivity contribution in [2.24, 2.45) is 4.99 Å². The van der Waals surface area contributed by atoms with E-state index >= 15 is 0 Å². The molecule has 2 aromatic rings. The Morgan fingerprint density at radius 2 is 1.64 bits per heavy atom. The van der Waals surface area contributed by atoms with Gasteiger partial charge in [0.2, 0.25) is 0 Å². The highest BCUT2D eigenvalue weighted by atomic mass is 127. The van der Waals surface area contributed by atoms with Gasteiger partial charge in [-0.05, 0) is 17.2 Å². The number of nitrogens with zero attached hydrogens (tertiary/aromatic N) is 2. The molecule has 28 heavy (non-hydrogen) atoms. The second-order valence-corrected chi connectivity index (χ2v) is 6.58. The molecule has 0 radical (unpaired) electrons. The zero-order valence-corrected chi connectivity index (χ0v) is 18.5. The first kappa shape index (κ1) is 22.6. The van der Waals surface area contributed by atoms with Crippen LogP contribution < -0.4 is 10.6 Å². The Kier molecular flexibility index (Phi) is 9.66. The molecule has 1 aliphatic rings. The van der Waals surface area contributed by atoms with Crippen LogP contribution in [0.25, 0.3) is 0 Å². The second kappa shape index (κ2) is 12.0. The summed E-state index contributed by atoms with van der Waals surface area (Å²) >= 11 is 0. The van der Waals surface area contributed by atoms with E-state index in [1.807, 2.05) is 6.07 Å². The number of morpholine rings is 1. The maximum Gasteiger partial charge on any atom is 0.191 e. The Morgan fingerprint density at radius 3 is 2.32 bits per heavy atom. The van der Waals surface area contributed by atoms with E-state index in [1.54, 1.807) is 19.2 Å². The molecule has 0 amide bonds. The van der Waals surface area contributed by atoms with Crippen LogP contribution in [0.1, 0.15) is 16.7 Å². The molecule has 7 heteroatoms. The maximum absolute atomic E-state index is 13.7. The van der Waals surface area contributed by atoms with Gasteiger partial charge in [0.25, 0.3) is 0 Å². The normalized spacial score (nSPS) is 15.0. The molecule has 0 bridgehead atoms. The van der Waals surface area contributed by atoms with Gasteiger partial charge in [0, 0.05) is 45.3 Å². The first-order valence-electron chi connectivity index (χ1n) is 9.30. The fourth-order valence-electron chi connectivity index (χ4n) is 3.01. The number of aliphatic imine (C=N–C) groups is 1. The van der Waals surface area contributed by atoms with Gasteiger partial charge >= 0.3 is 0 Å². The molecule has 1 saturated heterocycles. The number of guanidine groups is 1. The maximum atomic E-state index is 13.7. The first-order valence-corrected chi connectivity index (χ1v) is 9.30. The van der Waals surface area contributed by atoms with Crippen molar-refractivity contribution in [3.8, 4) is 0 Å². The third-order valence-corrected chi connectivity index (χ3v) is 4.62. The molecule has 2 N–H and O–H groups in total. The lowest BCUT2D eigenvalue weighted by atomic mass is 10.1. The number of ether oxygens (including phenoxy) is 1. The second-order valence-electron chi connectivity index (χ2n) is 6.58. The minimum Gasteiger partial charge on any atom is -0.379 e. The lowest BCUT2D eigenvalue weighted by Gasteiger charge is -2.26. The summed E-state index contributed by atoms with van der Waals surface area (Å²) in [6, 6.07) is 15.3. The molecular weight excluding hydrogens is 470 g/mol. The summed E-state index contributed by atoms with van der Waals surface area (Å²) in [7, 11) is 1.71. The Labute approximate surface area is 183 Å². The third-order valence-electron chi connectivity index (χ3n) is 4.62. The summed E-state index contributed by atoms with van der Waals surface area (Å²) in [6.45, 7) is 5.64. The molecular formula is C21H28FIN4O. The standard InChI is InChI=1S/C21H27FN4O.HI/c1-23-21(25-15-19-4-2-3-5-20(19)22)24-14-17-6-8-18(9-7-17)16-26-10-12-27-13-11-26;/h2-9H,10-16H2,1H3,(H2,23,24,25);1H. The van der Waals surface area contributed by atoms with E-state index in [9.17, 15) is 4.39 Å². The zero-order valence-electron chi connectivity index (χ0n) is 16.2. The monoisotopic (exact) mass is 498 g/mol. The SMILES string of the molecule is CN=C(NCc1ccc(CN2CCOCC2)cc1)NCc1ccccc1F.I. The summed E-state index contributed by atoms with van der Waals surface area (Å²) in [4.78, 5) is 6.60. The van der Waals surface area contributed by atoms with Crippen LogP contribution in [-0.4, -0.2) is 44.2 Å². The summed E-state index contributed by atoms with van der Waals surface area (Å²) in [5, 5.41) is 6.41. The molecule has 0 aliphatic carbocycles. The van der Waals surface area contributed by atoms with Gasteiger partial charge in [-0.2, -0.15) is 0 Å². The predicted octanol–water partition coefficient (Wildman–Crippen LogP) is 3.14. The van der Waals surface area contributed by atoms with E-state index in [2.05, 4.69) is 44.8 Å². The van der Waals surface area contributed by atoms with Gasteiger partial charge in [-0.3, -0.25) is 9.89 Å². The van der Waals surface area contributed by atoms with Crippen molar-refractivity contribution in [1.29, 1.82) is 0 Å². The quantitative estimate of drug-likeness (QED) is 0.365. The van der Waals surface area contributed by atoms with E-state index in [1.165, 1.54) is 17.2 Å². The molecule has 1 heterocycles. The van der Waals surface area contributed by atoms with Crippen LogP contribution in [0.3, 0.4) is 0 Å². The van der Waals surface area contributed by atoms with Crippen molar-refractivity contribution in [2.45, 2.75) is 19.6 Å². The molecule has 0 spiro atoms. The van der Waals surface area contributed by atoms with Crippen molar-refractivity contribution in [3.63, 3.8) is 0 Å². The summed E-state index contributed by atoms with van der Waals surface area (Å²) in [6.07, 6.45) is 0. The van der Waals surface area contributed by atoms with Gasteiger partial charge in [0.1, 0.15) is 5.82 Å². The van der Waals surface area contributed by atoms with Crippen LogP contribution >= 0.6 is 24.0 Å². The summed E-state index contributed by atoms with van der Waals surface area (Å²) in [5.74, 6) is 0.437. The van der Waals surface area contributed by atoms with Crippen molar-refractivity contribution in [1.82, 2.24) is 15.5 Å². The predicted molar refractivity (Wildman–Crippen MR) is 121 cm³/mol. The first-order chi connectivity index (χ1) is 13.2. The van der Waals surface area contributed by atoms with Gasteiger partial charge in [0.05, 0.1) is 13.2 Å². The zero-order chi connectivity index (χ0) is 18.9. The Morgan fingerprint density at radius 1 is 1.00 bits per heavy atom. The molecule has 1 fully saturated rings.